The average molecular weight is 341 g/mol. The molecular weight excluding hydrogens is 314 g/mol. The van der Waals surface area contributed by atoms with Gasteiger partial charge in [-0.2, -0.15) is 4.98 Å². The smallest absolute Gasteiger partial charge is 0.224 e. The Morgan fingerprint density at radius 2 is 2.17 bits per heavy atom. The number of hydrogen-bond acceptors (Lipinski definition) is 7. The normalized spacial score (nSPS) is 19.9. The summed E-state index contributed by atoms with van der Waals surface area (Å²) < 4.78 is 23.4. The average Bonchev–Trinajstić information content (AvgIpc) is 2.85. The van der Waals surface area contributed by atoms with E-state index < -0.39 is 9.84 Å². The van der Waals surface area contributed by atoms with E-state index in [4.69, 9.17) is 0 Å². The lowest BCUT2D eigenvalue weighted by Crippen LogP contribution is -2.36. The van der Waals surface area contributed by atoms with Crippen molar-refractivity contribution < 1.29 is 8.42 Å². The Morgan fingerprint density at radius 1 is 1.39 bits per heavy atom. The van der Waals surface area contributed by atoms with Gasteiger partial charge < -0.3 is 15.1 Å². The van der Waals surface area contributed by atoms with Crippen molar-refractivity contribution >= 4 is 21.6 Å². The zero-order valence-corrected chi connectivity index (χ0v) is 15.0. The zero-order valence-electron chi connectivity index (χ0n) is 14.2. The SMILES string of the molecule is CCN(c1ccnc(NCCCN(C)C)n1)C1CCS(=O)(=O)C1. The molecule has 1 N–H and O–H groups in total. The minimum absolute atomic E-state index is 0.0153. The second kappa shape index (κ2) is 7.92. The predicted octanol–water partition coefficient (Wildman–Crippen LogP) is 0.854. The van der Waals surface area contributed by atoms with Crippen LogP contribution in [-0.2, 0) is 9.84 Å². The Morgan fingerprint density at radius 3 is 2.78 bits per heavy atom. The van der Waals surface area contributed by atoms with E-state index in [1.54, 1.807) is 6.20 Å². The minimum Gasteiger partial charge on any atom is -0.354 e. The van der Waals surface area contributed by atoms with Crippen LogP contribution >= 0.6 is 0 Å². The third-order valence-corrected chi connectivity index (χ3v) is 5.74. The first-order chi connectivity index (χ1) is 10.9. The van der Waals surface area contributed by atoms with Crippen LogP contribution in [0, 0.1) is 0 Å². The fourth-order valence-corrected chi connectivity index (χ4v) is 4.55. The van der Waals surface area contributed by atoms with Gasteiger partial charge in [0.25, 0.3) is 0 Å². The molecule has 0 bridgehead atoms. The van der Waals surface area contributed by atoms with Gasteiger partial charge in [0, 0.05) is 25.3 Å². The van der Waals surface area contributed by atoms with Crippen LogP contribution in [0.1, 0.15) is 19.8 Å². The molecule has 2 heterocycles. The first kappa shape index (κ1) is 17.9. The van der Waals surface area contributed by atoms with Gasteiger partial charge in [-0.05, 0) is 46.5 Å². The van der Waals surface area contributed by atoms with E-state index in [0.29, 0.717) is 12.4 Å². The molecule has 0 amide bonds. The van der Waals surface area contributed by atoms with E-state index in [2.05, 4.69) is 25.1 Å². The number of anilines is 2. The maximum atomic E-state index is 11.7. The van der Waals surface area contributed by atoms with Gasteiger partial charge in [-0.1, -0.05) is 0 Å². The molecule has 1 unspecified atom stereocenters. The molecule has 23 heavy (non-hydrogen) atoms. The monoisotopic (exact) mass is 341 g/mol. The van der Waals surface area contributed by atoms with Crippen LogP contribution < -0.4 is 10.2 Å². The fourth-order valence-electron chi connectivity index (χ4n) is 2.82. The molecule has 0 spiro atoms. The maximum absolute atomic E-state index is 11.7. The molecule has 1 aromatic heterocycles. The van der Waals surface area contributed by atoms with Crippen LogP contribution in [0.5, 0.6) is 0 Å². The van der Waals surface area contributed by atoms with Crippen molar-refractivity contribution in [1.82, 2.24) is 14.9 Å². The Hall–Kier alpha value is -1.41. The van der Waals surface area contributed by atoms with Gasteiger partial charge in [0.2, 0.25) is 5.95 Å². The summed E-state index contributed by atoms with van der Waals surface area (Å²) in [5.74, 6) is 1.88. The highest BCUT2D eigenvalue weighted by Crippen LogP contribution is 2.23. The van der Waals surface area contributed by atoms with Crippen molar-refractivity contribution in [2.45, 2.75) is 25.8 Å². The van der Waals surface area contributed by atoms with E-state index in [0.717, 1.165) is 31.9 Å². The van der Waals surface area contributed by atoms with Gasteiger partial charge >= 0.3 is 0 Å². The summed E-state index contributed by atoms with van der Waals surface area (Å²) in [6.07, 6.45) is 3.41. The van der Waals surface area contributed by atoms with Crippen molar-refractivity contribution in [3.05, 3.63) is 12.3 Å². The van der Waals surface area contributed by atoms with Gasteiger partial charge in [0.1, 0.15) is 5.82 Å². The lowest BCUT2D eigenvalue weighted by atomic mass is 10.2. The molecule has 0 radical (unpaired) electrons. The van der Waals surface area contributed by atoms with E-state index in [1.807, 2.05) is 27.1 Å². The Bertz CT molecular complexity index is 606. The largest absolute Gasteiger partial charge is 0.354 e. The molecule has 1 aliphatic rings. The highest BCUT2D eigenvalue weighted by Gasteiger charge is 2.32. The molecule has 1 aliphatic heterocycles. The Kier molecular flexibility index (Phi) is 6.17. The summed E-state index contributed by atoms with van der Waals surface area (Å²) in [5.41, 5.74) is 0. The van der Waals surface area contributed by atoms with Gasteiger partial charge in [-0.3, -0.25) is 0 Å². The quantitative estimate of drug-likeness (QED) is 0.702. The topological polar surface area (TPSA) is 78.4 Å². The number of nitrogens with one attached hydrogen (secondary N) is 1. The molecule has 0 saturated carbocycles. The summed E-state index contributed by atoms with van der Waals surface area (Å²) in [6.45, 7) is 4.58. The van der Waals surface area contributed by atoms with Gasteiger partial charge in [-0.15, -0.1) is 0 Å². The molecule has 1 aromatic rings. The summed E-state index contributed by atoms with van der Waals surface area (Å²) in [7, 11) is 1.20. The lowest BCUT2D eigenvalue weighted by Gasteiger charge is -2.28. The summed E-state index contributed by atoms with van der Waals surface area (Å²) in [6, 6.07) is 1.86. The van der Waals surface area contributed by atoms with E-state index >= 15 is 0 Å². The molecule has 8 heteroatoms. The third kappa shape index (κ3) is 5.31. The van der Waals surface area contributed by atoms with Gasteiger partial charge in [0.05, 0.1) is 11.5 Å². The highest BCUT2D eigenvalue weighted by atomic mass is 32.2. The van der Waals surface area contributed by atoms with Crippen LogP contribution in [0.2, 0.25) is 0 Å². The number of nitrogens with zero attached hydrogens (tertiary/aromatic N) is 4. The van der Waals surface area contributed by atoms with E-state index in [9.17, 15) is 8.42 Å². The molecule has 1 atom stereocenters. The third-order valence-electron chi connectivity index (χ3n) is 3.99. The Balaban J connectivity index is 1.99. The van der Waals surface area contributed by atoms with Crippen LogP contribution in [-0.4, -0.2) is 74.6 Å². The van der Waals surface area contributed by atoms with E-state index in [1.165, 1.54) is 0 Å². The molecule has 0 aliphatic carbocycles. The van der Waals surface area contributed by atoms with Crippen LogP contribution in [0.4, 0.5) is 11.8 Å². The standard InChI is InChI=1S/C15H27N5O2S/c1-4-20(13-7-11-23(21,22)12-13)14-6-9-17-15(18-14)16-8-5-10-19(2)3/h6,9,13H,4-5,7-8,10-12H2,1-3H3,(H,16,17,18). The number of rotatable bonds is 8. The van der Waals surface area contributed by atoms with E-state index in [-0.39, 0.29) is 17.5 Å². The first-order valence-electron chi connectivity index (χ1n) is 8.10. The van der Waals surface area contributed by atoms with Gasteiger partial charge in [0.15, 0.2) is 9.84 Å². The lowest BCUT2D eigenvalue weighted by molar-refractivity contribution is 0.405. The van der Waals surface area contributed by atoms with Crippen molar-refractivity contribution in [3.63, 3.8) is 0 Å². The molecular formula is C15H27N5O2S. The molecule has 2 rings (SSSR count). The molecule has 130 valence electrons. The van der Waals surface area contributed by atoms with Crippen molar-refractivity contribution in [3.8, 4) is 0 Å². The summed E-state index contributed by atoms with van der Waals surface area (Å²) >= 11 is 0. The number of sulfone groups is 1. The molecule has 1 saturated heterocycles. The van der Waals surface area contributed by atoms with Crippen molar-refractivity contribution in [1.29, 1.82) is 0 Å². The fraction of sp³-hybridized carbons (Fsp3) is 0.733. The van der Waals surface area contributed by atoms with Crippen LogP contribution in [0.15, 0.2) is 12.3 Å². The first-order valence-corrected chi connectivity index (χ1v) is 9.92. The van der Waals surface area contributed by atoms with Crippen molar-refractivity contribution in [2.24, 2.45) is 0 Å². The molecule has 7 nitrogen and oxygen atoms in total. The number of aromatic nitrogens is 2. The summed E-state index contributed by atoms with van der Waals surface area (Å²) in [4.78, 5) is 13.0. The second-order valence-electron chi connectivity index (χ2n) is 6.16. The molecule has 0 aromatic carbocycles. The minimum atomic E-state index is -2.90. The van der Waals surface area contributed by atoms with Crippen LogP contribution in [0.25, 0.3) is 0 Å². The number of hydrogen-bond donors (Lipinski definition) is 1. The summed E-state index contributed by atoms with van der Waals surface area (Å²) in [5, 5.41) is 3.23. The zero-order chi connectivity index (χ0) is 16.9. The molecule has 1 fully saturated rings. The second-order valence-corrected chi connectivity index (χ2v) is 8.39. The van der Waals surface area contributed by atoms with Crippen LogP contribution in [0.3, 0.4) is 0 Å². The Labute approximate surface area is 139 Å². The highest BCUT2D eigenvalue weighted by molar-refractivity contribution is 7.91. The maximum Gasteiger partial charge on any atom is 0.224 e. The van der Waals surface area contributed by atoms with Gasteiger partial charge in [-0.25, -0.2) is 13.4 Å². The van der Waals surface area contributed by atoms with Crippen molar-refractivity contribution in [2.75, 3.05) is 55.5 Å². The predicted molar refractivity (Wildman–Crippen MR) is 93.8 cm³/mol.